The van der Waals surface area contributed by atoms with Gasteiger partial charge in [-0.2, -0.15) is 9.78 Å². The maximum absolute atomic E-state index is 12.7. The number of rotatable bonds is 7. The largest absolute Gasteiger partial charge is 0.497 e. The summed E-state index contributed by atoms with van der Waals surface area (Å²) < 4.78 is 6.60. The molecule has 1 aliphatic rings. The zero-order valence-corrected chi connectivity index (χ0v) is 17.7. The zero-order chi connectivity index (χ0) is 20.9. The molecule has 0 aliphatic carbocycles. The Morgan fingerprint density at radius 1 is 1.10 bits per heavy atom. The first-order valence-corrected chi connectivity index (χ1v) is 10.5. The quantitative estimate of drug-likeness (QED) is 0.617. The average molecular weight is 425 g/mol. The van der Waals surface area contributed by atoms with Gasteiger partial charge in [-0.1, -0.05) is 41.9 Å². The Morgan fingerprint density at radius 2 is 1.80 bits per heavy atom. The van der Waals surface area contributed by atoms with E-state index in [4.69, 9.17) is 16.3 Å². The van der Waals surface area contributed by atoms with Crippen LogP contribution >= 0.6 is 11.6 Å². The Bertz CT molecular complexity index is 1030. The van der Waals surface area contributed by atoms with E-state index in [9.17, 15) is 4.79 Å². The zero-order valence-electron chi connectivity index (χ0n) is 16.9. The van der Waals surface area contributed by atoms with Gasteiger partial charge in [0.05, 0.1) is 30.7 Å². The molecule has 1 saturated heterocycles. The molecule has 1 aromatic heterocycles. The molecule has 156 valence electrons. The predicted octanol–water partition coefficient (Wildman–Crippen LogP) is 4.14. The van der Waals surface area contributed by atoms with Gasteiger partial charge in [-0.15, -0.1) is 0 Å². The molecule has 2 aromatic carbocycles. The van der Waals surface area contributed by atoms with E-state index in [-0.39, 0.29) is 16.6 Å². The molecule has 1 N–H and O–H groups in total. The number of hydrogen-bond donors (Lipinski definition) is 1. The second-order valence-corrected chi connectivity index (χ2v) is 7.72. The van der Waals surface area contributed by atoms with Crippen LogP contribution in [0.15, 0.2) is 65.6 Å². The van der Waals surface area contributed by atoms with E-state index in [1.54, 1.807) is 13.3 Å². The van der Waals surface area contributed by atoms with Gasteiger partial charge in [0.15, 0.2) is 0 Å². The molecule has 0 amide bonds. The lowest BCUT2D eigenvalue weighted by Crippen LogP contribution is -2.31. The van der Waals surface area contributed by atoms with Crippen molar-refractivity contribution in [2.24, 2.45) is 0 Å². The fourth-order valence-electron chi connectivity index (χ4n) is 3.85. The van der Waals surface area contributed by atoms with Gasteiger partial charge >= 0.3 is 0 Å². The van der Waals surface area contributed by atoms with Crippen LogP contribution in [0.2, 0.25) is 5.02 Å². The molecule has 3 aromatic rings. The first kappa shape index (κ1) is 20.4. The van der Waals surface area contributed by atoms with Crippen molar-refractivity contribution in [3.63, 3.8) is 0 Å². The van der Waals surface area contributed by atoms with E-state index in [0.29, 0.717) is 17.9 Å². The highest BCUT2D eigenvalue weighted by molar-refractivity contribution is 6.32. The molecular weight excluding hydrogens is 400 g/mol. The first-order chi connectivity index (χ1) is 14.7. The van der Waals surface area contributed by atoms with E-state index < -0.39 is 0 Å². The summed E-state index contributed by atoms with van der Waals surface area (Å²) in [6.45, 7) is 2.74. The normalized spacial score (nSPS) is 15.1. The SMILES string of the molecule is COc1ccc(C(CNc2cnn(-c3ccccc3)c(=O)c2Cl)N2CCCC2)cc1. The molecule has 1 atom stereocenters. The molecule has 1 aliphatic heterocycles. The summed E-state index contributed by atoms with van der Waals surface area (Å²) in [5.41, 5.74) is 2.10. The molecule has 7 heteroatoms. The van der Waals surface area contributed by atoms with Crippen LogP contribution in [0.5, 0.6) is 5.75 Å². The summed E-state index contributed by atoms with van der Waals surface area (Å²) in [5, 5.41) is 7.81. The van der Waals surface area contributed by atoms with Crippen molar-refractivity contribution in [1.29, 1.82) is 0 Å². The maximum Gasteiger partial charge on any atom is 0.292 e. The molecule has 1 fully saturated rings. The van der Waals surface area contributed by atoms with E-state index in [2.05, 4.69) is 27.4 Å². The second-order valence-electron chi connectivity index (χ2n) is 7.34. The molecule has 6 nitrogen and oxygen atoms in total. The number of aromatic nitrogens is 2. The monoisotopic (exact) mass is 424 g/mol. The van der Waals surface area contributed by atoms with Crippen molar-refractivity contribution in [3.8, 4) is 11.4 Å². The lowest BCUT2D eigenvalue weighted by atomic mass is 10.1. The van der Waals surface area contributed by atoms with Crippen LogP contribution in [0.3, 0.4) is 0 Å². The van der Waals surface area contributed by atoms with E-state index in [0.717, 1.165) is 18.8 Å². The maximum atomic E-state index is 12.7. The fourth-order valence-corrected chi connectivity index (χ4v) is 4.05. The molecule has 0 bridgehead atoms. The third-order valence-electron chi connectivity index (χ3n) is 5.49. The number of anilines is 1. The molecule has 0 spiro atoms. The predicted molar refractivity (Wildman–Crippen MR) is 120 cm³/mol. The van der Waals surface area contributed by atoms with Crippen LogP contribution in [0.1, 0.15) is 24.4 Å². The third kappa shape index (κ3) is 4.35. The standard InChI is InChI=1S/C23H25ClN4O2/c1-30-19-11-9-17(10-12-19)21(27-13-5-6-14-27)16-25-20-15-26-28(23(29)22(20)24)18-7-3-2-4-8-18/h2-4,7-12,15,21,25H,5-6,13-14,16H2,1H3. The van der Waals surface area contributed by atoms with Crippen molar-refractivity contribution in [3.05, 3.63) is 81.7 Å². The van der Waals surface area contributed by atoms with E-state index in [1.165, 1.54) is 23.1 Å². The highest BCUT2D eigenvalue weighted by Gasteiger charge is 2.24. The van der Waals surface area contributed by atoms with Crippen molar-refractivity contribution < 1.29 is 4.74 Å². The Balaban J connectivity index is 1.56. The number of nitrogens with one attached hydrogen (secondary N) is 1. The minimum atomic E-state index is -0.338. The smallest absolute Gasteiger partial charge is 0.292 e. The number of likely N-dealkylation sites (tertiary alicyclic amines) is 1. The summed E-state index contributed by atoms with van der Waals surface area (Å²) in [5.74, 6) is 0.837. The van der Waals surface area contributed by atoms with Crippen LogP contribution in [0, 0.1) is 0 Å². The molecule has 0 saturated carbocycles. The highest BCUT2D eigenvalue weighted by Crippen LogP contribution is 2.28. The van der Waals surface area contributed by atoms with Crippen LogP contribution in [-0.4, -0.2) is 41.4 Å². The van der Waals surface area contributed by atoms with Gasteiger partial charge in [-0.25, -0.2) is 0 Å². The molecule has 2 heterocycles. The number of methoxy groups -OCH3 is 1. The molecule has 30 heavy (non-hydrogen) atoms. The Hall–Kier alpha value is -2.83. The highest BCUT2D eigenvalue weighted by atomic mass is 35.5. The average Bonchev–Trinajstić information content (AvgIpc) is 3.32. The second kappa shape index (κ2) is 9.32. The molecule has 1 unspecified atom stereocenters. The number of nitrogens with zero attached hydrogens (tertiary/aromatic N) is 3. The van der Waals surface area contributed by atoms with Crippen LogP contribution < -0.4 is 15.6 Å². The van der Waals surface area contributed by atoms with Gasteiger partial charge < -0.3 is 10.1 Å². The number of ether oxygens (including phenoxy) is 1. The number of hydrogen-bond acceptors (Lipinski definition) is 5. The van der Waals surface area contributed by atoms with E-state index >= 15 is 0 Å². The summed E-state index contributed by atoms with van der Waals surface area (Å²) in [7, 11) is 1.67. The van der Waals surface area contributed by atoms with Gasteiger partial charge in [0, 0.05) is 6.54 Å². The lowest BCUT2D eigenvalue weighted by molar-refractivity contribution is 0.256. The molecular formula is C23H25ClN4O2. The topological polar surface area (TPSA) is 59.4 Å². The number of benzene rings is 2. The van der Waals surface area contributed by atoms with Gasteiger partial charge in [0.25, 0.3) is 5.56 Å². The van der Waals surface area contributed by atoms with Crippen molar-refractivity contribution >= 4 is 17.3 Å². The van der Waals surface area contributed by atoms with Gasteiger partial charge in [-0.05, 0) is 55.8 Å². The minimum absolute atomic E-state index is 0.142. The first-order valence-electron chi connectivity index (χ1n) is 10.1. The Kier molecular flexibility index (Phi) is 6.35. The molecule has 0 radical (unpaired) electrons. The Labute approximate surface area is 181 Å². The van der Waals surface area contributed by atoms with Crippen molar-refractivity contribution in [2.45, 2.75) is 18.9 Å². The van der Waals surface area contributed by atoms with Crippen molar-refractivity contribution in [1.82, 2.24) is 14.7 Å². The Morgan fingerprint density at radius 3 is 2.47 bits per heavy atom. The van der Waals surface area contributed by atoms with Crippen LogP contribution in [0.4, 0.5) is 5.69 Å². The van der Waals surface area contributed by atoms with E-state index in [1.807, 2.05) is 42.5 Å². The minimum Gasteiger partial charge on any atom is -0.497 e. The fraction of sp³-hybridized carbons (Fsp3) is 0.304. The third-order valence-corrected chi connectivity index (χ3v) is 5.85. The number of halogens is 1. The lowest BCUT2D eigenvalue weighted by Gasteiger charge is -2.28. The summed E-state index contributed by atoms with van der Waals surface area (Å²) in [6.07, 6.45) is 4.01. The summed E-state index contributed by atoms with van der Waals surface area (Å²) in [4.78, 5) is 15.2. The van der Waals surface area contributed by atoms with Gasteiger partial charge in [0.1, 0.15) is 10.8 Å². The number of para-hydroxylation sites is 1. The summed E-state index contributed by atoms with van der Waals surface area (Å²) in [6, 6.07) is 17.6. The summed E-state index contributed by atoms with van der Waals surface area (Å²) >= 11 is 6.41. The molecule has 4 rings (SSSR count). The van der Waals surface area contributed by atoms with Crippen LogP contribution in [-0.2, 0) is 0 Å². The van der Waals surface area contributed by atoms with Gasteiger partial charge in [0.2, 0.25) is 0 Å². The van der Waals surface area contributed by atoms with Crippen molar-refractivity contribution in [2.75, 3.05) is 32.1 Å². The van der Waals surface area contributed by atoms with Crippen LogP contribution in [0.25, 0.3) is 5.69 Å². The van der Waals surface area contributed by atoms with Gasteiger partial charge in [-0.3, -0.25) is 9.69 Å².